The van der Waals surface area contributed by atoms with E-state index in [-0.39, 0.29) is 24.7 Å². The second-order valence-electron chi connectivity index (χ2n) is 6.25. The van der Waals surface area contributed by atoms with Gasteiger partial charge >= 0.3 is 0 Å². The maximum absolute atomic E-state index is 12.1. The molecule has 0 heterocycles. The molecule has 0 fully saturated rings. The first-order valence-electron chi connectivity index (χ1n) is 8.67. The van der Waals surface area contributed by atoms with E-state index in [2.05, 4.69) is 0 Å². The highest BCUT2D eigenvalue weighted by Crippen LogP contribution is 2.24. The number of ether oxygens (including phenoxy) is 1. The fraction of sp³-hybridized carbons (Fsp3) is 0.238. The summed E-state index contributed by atoms with van der Waals surface area (Å²) < 4.78 is 34.6. The van der Waals surface area contributed by atoms with E-state index in [0.717, 1.165) is 21.9 Å². The number of hydrogen-bond acceptors (Lipinski definition) is 5. The number of fused-ring (bicyclic) bond motifs is 1. The quantitative estimate of drug-likeness (QED) is 0.473. The molecule has 0 radical (unpaired) electrons. The minimum absolute atomic E-state index is 0.0575. The van der Waals surface area contributed by atoms with Crippen molar-refractivity contribution in [3.63, 3.8) is 0 Å². The van der Waals surface area contributed by atoms with E-state index in [4.69, 9.17) is 8.92 Å². The predicted molar refractivity (Wildman–Crippen MR) is 104 cm³/mol. The minimum atomic E-state index is -3.80. The predicted octanol–water partition coefficient (Wildman–Crippen LogP) is 3.60. The molecule has 5 nitrogen and oxygen atoms in total. The van der Waals surface area contributed by atoms with E-state index in [1.807, 2.05) is 49.4 Å². The van der Waals surface area contributed by atoms with Crippen LogP contribution in [0.25, 0.3) is 10.8 Å². The van der Waals surface area contributed by atoms with Gasteiger partial charge in [-0.25, -0.2) is 0 Å². The summed E-state index contributed by atoms with van der Waals surface area (Å²) in [5.41, 5.74) is 1.75. The van der Waals surface area contributed by atoms with Crippen LogP contribution in [0, 0.1) is 6.92 Å². The first-order valence-corrected chi connectivity index (χ1v) is 10.1. The lowest BCUT2D eigenvalue weighted by molar-refractivity contribution is 0.0254. The largest absolute Gasteiger partial charge is 0.386 e. The van der Waals surface area contributed by atoms with Gasteiger partial charge in [-0.1, -0.05) is 60.2 Å². The van der Waals surface area contributed by atoms with Crippen molar-refractivity contribution < 1.29 is 22.4 Å². The Morgan fingerprint density at radius 1 is 0.926 bits per heavy atom. The third kappa shape index (κ3) is 4.93. The van der Waals surface area contributed by atoms with Crippen molar-refractivity contribution in [1.29, 1.82) is 0 Å². The minimum Gasteiger partial charge on any atom is -0.386 e. The van der Waals surface area contributed by atoms with Gasteiger partial charge < -0.3 is 9.84 Å². The molecule has 0 saturated carbocycles. The van der Waals surface area contributed by atoms with Crippen LogP contribution in [0.1, 0.15) is 17.2 Å². The molecular weight excluding hydrogens is 364 g/mol. The SMILES string of the molecule is Cc1ccc(S(=O)(=O)OCCOCC(O)c2cccc3ccccc23)cc1. The first-order chi connectivity index (χ1) is 13.0. The molecule has 0 aromatic heterocycles. The number of aliphatic hydroxyl groups excluding tert-OH is 1. The zero-order valence-corrected chi connectivity index (χ0v) is 15.9. The Morgan fingerprint density at radius 3 is 2.41 bits per heavy atom. The number of benzene rings is 3. The van der Waals surface area contributed by atoms with Crippen LogP contribution < -0.4 is 0 Å². The van der Waals surface area contributed by atoms with Gasteiger partial charge in [0.2, 0.25) is 0 Å². The molecule has 0 saturated heterocycles. The molecule has 0 amide bonds. The number of rotatable bonds is 8. The van der Waals surface area contributed by atoms with Crippen molar-refractivity contribution >= 4 is 20.9 Å². The summed E-state index contributed by atoms with van der Waals surface area (Å²) in [5, 5.41) is 12.4. The maximum atomic E-state index is 12.1. The van der Waals surface area contributed by atoms with Gasteiger partial charge in [0.05, 0.1) is 24.7 Å². The van der Waals surface area contributed by atoms with Crippen LogP contribution in [0.15, 0.2) is 71.6 Å². The number of hydrogen-bond donors (Lipinski definition) is 1. The van der Waals surface area contributed by atoms with Crippen LogP contribution in [0.5, 0.6) is 0 Å². The highest BCUT2D eigenvalue weighted by Gasteiger charge is 2.15. The van der Waals surface area contributed by atoms with Gasteiger partial charge in [-0.3, -0.25) is 4.18 Å². The monoisotopic (exact) mass is 386 g/mol. The molecule has 0 aliphatic rings. The Labute approximate surface area is 159 Å². The summed E-state index contributed by atoms with van der Waals surface area (Å²) in [7, 11) is -3.80. The smallest absolute Gasteiger partial charge is 0.297 e. The summed E-state index contributed by atoms with van der Waals surface area (Å²) in [6.07, 6.45) is -0.801. The van der Waals surface area contributed by atoms with Crippen molar-refractivity contribution in [2.45, 2.75) is 17.9 Å². The van der Waals surface area contributed by atoms with Crippen LogP contribution in [0.4, 0.5) is 0 Å². The Balaban J connectivity index is 1.50. The molecule has 1 N–H and O–H groups in total. The average Bonchev–Trinajstić information content (AvgIpc) is 2.67. The fourth-order valence-electron chi connectivity index (χ4n) is 2.80. The van der Waals surface area contributed by atoms with E-state index in [9.17, 15) is 13.5 Å². The van der Waals surface area contributed by atoms with Crippen molar-refractivity contribution in [2.75, 3.05) is 19.8 Å². The van der Waals surface area contributed by atoms with Gasteiger partial charge in [0.1, 0.15) is 6.10 Å². The molecule has 6 heteroatoms. The van der Waals surface area contributed by atoms with E-state index < -0.39 is 16.2 Å². The van der Waals surface area contributed by atoms with Crippen LogP contribution in [0.3, 0.4) is 0 Å². The second kappa shape index (κ2) is 8.63. The topological polar surface area (TPSA) is 72.8 Å². The van der Waals surface area contributed by atoms with Gasteiger partial charge in [-0.2, -0.15) is 8.42 Å². The van der Waals surface area contributed by atoms with Gasteiger partial charge in [0, 0.05) is 0 Å². The molecule has 0 bridgehead atoms. The Bertz CT molecular complexity index is 991. The molecule has 3 rings (SSSR count). The van der Waals surface area contributed by atoms with Gasteiger partial charge in [-0.15, -0.1) is 0 Å². The summed E-state index contributed by atoms with van der Waals surface area (Å²) in [6.45, 7) is 1.89. The molecule has 142 valence electrons. The molecule has 27 heavy (non-hydrogen) atoms. The normalized spacial score (nSPS) is 13.0. The van der Waals surface area contributed by atoms with Crippen LogP contribution in [-0.4, -0.2) is 33.3 Å². The maximum Gasteiger partial charge on any atom is 0.297 e. The lowest BCUT2D eigenvalue weighted by atomic mass is 10.0. The number of aryl methyl sites for hydroxylation is 1. The summed E-state index contributed by atoms with van der Waals surface area (Å²) >= 11 is 0. The molecule has 0 aliphatic carbocycles. The van der Waals surface area contributed by atoms with E-state index in [1.54, 1.807) is 12.1 Å². The van der Waals surface area contributed by atoms with Crippen LogP contribution in [0.2, 0.25) is 0 Å². The van der Waals surface area contributed by atoms with E-state index >= 15 is 0 Å². The third-order valence-electron chi connectivity index (χ3n) is 4.23. The van der Waals surface area contributed by atoms with Crippen LogP contribution >= 0.6 is 0 Å². The van der Waals surface area contributed by atoms with Crippen molar-refractivity contribution in [1.82, 2.24) is 0 Å². The Kier molecular flexibility index (Phi) is 6.23. The molecule has 1 atom stereocenters. The number of aliphatic hydroxyl groups is 1. The van der Waals surface area contributed by atoms with Gasteiger partial charge in [0.25, 0.3) is 10.1 Å². The van der Waals surface area contributed by atoms with Crippen molar-refractivity contribution in [3.05, 3.63) is 77.9 Å². The standard InChI is InChI=1S/C21H22O5S/c1-16-9-11-18(12-10-16)27(23,24)26-14-13-25-15-21(22)20-8-4-6-17-5-2-3-7-19(17)20/h2-12,21-22H,13-15H2,1H3. The fourth-order valence-corrected chi connectivity index (χ4v) is 3.69. The van der Waals surface area contributed by atoms with E-state index in [1.165, 1.54) is 12.1 Å². The van der Waals surface area contributed by atoms with Crippen LogP contribution in [-0.2, 0) is 19.0 Å². The zero-order chi connectivity index (χ0) is 19.3. The second-order valence-corrected chi connectivity index (χ2v) is 7.86. The molecule has 3 aromatic rings. The molecular formula is C21H22O5S. The Hall–Kier alpha value is -2.25. The summed E-state index contributed by atoms with van der Waals surface area (Å²) in [4.78, 5) is 0.115. The molecule has 3 aromatic carbocycles. The lowest BCUT2D eigenvalue weighted by Gasteiger charge is -2.14. The first kappa shape index (κ1) is 19.5. The molecule has 0 spiro atoms. The summed E-state index contributed by atoms with van der Waals surface area (Å²) in [5.74, 6) is 0. The van der Waals surface area contributed by atoms with E-state index in [0.29, 0.717) is 0 Å². The van der Waals surface area contributed by atoms with Gasteiger partial charge in [-0.05, 0) is 35.4 Å². The summed E-state index contributed by atoms with van der Waals surface area (Å²) in [6, 6.07) is 20.0. The average molecular weight is 386 g/mol. The zero-order valence-electron chi connectivity index (χ0n) is 15.0. The van der Waals surface area contributed by atoms with Crippen molar-refractivity contribution in [2.24, 2.45) is 0 Å². The third-order valence-corrected chi connectivity index (χ3v) is 5.56. The highest BCUT2D eigenvalue weighted by molar-refractivity contribution is 7.86. The molecule has 0 aliphatic heterocycles. The molecule has 1 unspecified atom stereocenters. The lowest BCUT2D eigenvalue weighted by Crippen LogP contribution is -2.14. The van der Waals surface area contributed by atoms with Crippen molar-refractivity contribution in [3.8, 4) is 0 Å². The Morgan fingerprint density at radius 2 is 1.63 bits per heavy atom. The highest BCUT2D eigenvalue weighted by atomic mass is 32.2. The van der Waals surface area contributed by atoms with Gasteiger partial charge in [0.15, 0.2) is 0 Å².